The second-order valence-corrected chi connectivity index (χ2v) is 5.32. The van der Waals surface area contributed by atoms with Crippen LogP contribution in [0.5, 0.6) is 0 Å². The molecular formula is C12H16BrN3O2. The normalized spacial score (nSPS) is 20.7. The molecule has 0 saturated carbocycles. The molecule has 0 spiro atoms. The highest BCUT2D eigenvalue weighted by Crippen LogP contribution is 2.18. The highest BCUT2D eigenvalue weighted by atomic mass is 79.9. The van der Waals surface area contributed by atoms with Gasteiger partial charge in [0.1, 0.15) is 5.82 Å². The molecule has 2 atom stereocenters. The Hall–Kier alpha value is -1.14. The molecule has 2 heterocycles. The van der Waals surface area contributed by atoms with Crippen LogP contribution in [0, 0.1) is 0 Å². The smallest absolute Gasteiger partial charge is 0.255 e. The molecule has 1 aliphatic rings. The van der Waals surface area contributed by atoms with Gasteiger partial charge in [0, 0.05) is 17.3 Å². The van der Waals surface area contributed by atoms with Gasteiger partial charge in [-0.05, 0) is 41.8 Å². The molecule has 1 aromatic heterocycles. The number of nitrogens with one attached hydrogen (secondary N) is 1. The van der Waals surface area contributed by atoms with Crippen molar-refractivity contribution in [2.75, 3.05) is 12.3 Å². The zero-order valence-corrected chi connectivity index (χ0v) is 11.7. The lowest BCUT2D eigenvalue weighted by Crippen LogP contribution is -2.41. The van der Waals surface area contributed by atoms with Gasteiger partial charge in [-0.25, -0.2) is 4.98 Å². The maximum absolute atomic E-state index is 12.1. The van der Waals surface area contributed by atoms with Crippen LogP contribution < -0.4 is 11.1 Å². The number of ether oxygens (including phenoxy) is 1. The number of hydrogen-bond acceptors (Lipinski definition) is 4. The number of nitrogen functional groups attached to an aromatic ring is 1. The standard InChI is InChI=1S/C12H16BrN3O2/c1-7(10-3-2-4-18-10)16-12(17)9-5-8(13)6-15-11(9)14/h5-7,10H,2-4H2,1H3,(H2,14,15)(H,16,17). The van der Waals surface area contributed by atoms with Gasteiger partial charge in [0.25, 0.3) is 5.91 Å². The first-order valence-electron chi connectivity index (χ1n) is 5.91. The first-order chi connectivity index (χ1) is 8.58. The van der Waals surface area contributed by atoms with Crippen molar-refractivity contribution in [2.45, 2.75) is 31.9 Å². The molecule has 1 saturated heterocycles. The van der Waals surface area contributed by atoms with Crippen molar-refractivity contribution in [3.8, 4) is 0 Å². The maximum Gasteiger partial charge on any atom is 0.255 e. The summed E-state index contributed by atoms with van der Waals surface area (Å²) in [5.74, 6) is 0.0135. The number of nitrogens with zero attached hydrogens (tertiary/aromatic N) is 1. The summed E-state index contributed by atoms with van der Waals surface area (Å²) in [7, 11) is 0. The third-order valence-electron chi connectivity index (χ3n) is 3.01. The minimum absolute atomic E-state index is 0.0293. The van der Waals surface area contributed by atoms with Crippen molar-refractivity contribution in [1.82, 2.24) is 10.3 Å². The fraction of sp³-hybridized carbons (Fsp3) is 0.500. The molecule has 1 aliphatic heterocycles. The first kappa shape index (κ1) is 13.3. The molecule has 0 aromatic carbocycles. The van der Waals surface area contributed by atoms with E-state index in [0.717, 1.165) is 23.9 Å². The Morgan fingerprint density at radius 3 is 3.17 bits per heavy atom. The van der Waals surface area contributed by atoms with Crippen molar-refractivity contribution in [1.29, 1.82) is 0 Å². The maximum atomic E-state index is 12.1. The molecular weight excluding hydrogens is 298 g/mol. The molecule has 18 heavy (non-hydrogen) atoms. The van der Waals surface area contributed by atoms with Gasteiger partial charge >= 0.3 is 0 Å². The average Bonchev–Trinajstić information content (AvgIpc) is 2.85. The van der Waals surface area contributed by atoms with E-state index in [1.165, 1.54) is 0 Å². The quantitative estimate of drug-likeness (QED) is 0.890. The van der Waals surface area contributed by atoms with E-state index in [1.807, 2.05) is 6.92 Å². The Labute approximate surface area is 114 Å². The Morgan fingerprint density at radius 1 is 1.72 bits per heavy atom. The van der Waals surface area contributed by atoms with Crippen molar-refractivity contribution >= 4 is 27.7 Å². The molecule has 5 nitrogen and oxygen atoms in total. The number of nitrogens with two attached hydrogens (primary N) is 1. The van der Waals surface area contributed by atoms with E-state index in [1.54, 1.807) is 12.3 Å². The SMILES string of the molecule is CC(NC(=O)c1cc(Br)cnc1N)C1CCCO1. The van der Waals surface area contributed by atoms with E-state index in [-0.39, 0.29) is 23.9 Å². The summed E-state index contributed by atoms with van der Waals surface area (Å²) in [5.41, 5.74) is 6.08. The lowest BCUT2D eigenvalue weighted by atomic mass is 10.1. The van der Waals surface area contributed by atoms with Crippen LogP contribution in [0.1, 0.15) is 30.1 Å². The predicted octanol–water partition coefficient (Wildman–Crippen LogP) is 1.72. The lowest BCUT2D eigenvalue weighted by molar-refractivity contribution is 0.0712. The number of carbonyl (C=O) groups excluding carboxylic acids is 1. The van der Waals surface area contributed by atoms with Crippen LogP contribution in [0.4, 0.5) is 5.82 Å². The molecule has 2 rings (SSSR count). The van der Waals surface area contributed by atoms with E-state index in [0.29, 0.717) is 5.56 Å². The molecule has 98 valence electrons. The minimum Gasteiger partial charge on any atom is -0.383 e. The van der Waals surface area contributed by atoms with Crippen LogP contribution in [0.15, 0.2) is 16.7 Å². The van der Waals surface area contributed by atoms with Gasteiger partial charge in [-0.3, -0.25) is 4.79 Å². The fourth-order valence-corrected chi connectivity index (χ4v) is 2.34. The van der Waals surface area contributed by atoms with Crippen LogP contribution in [0.3, 0.4) is 0 Å². The van der Waals surface area contributed by atoms with Gasteiger partial charge < -0.3 is 15.8 Å². The number of aromatic nitrogens is 1. The highest BCUT2D eigenvalue weighted by molar-refractivity contribution is 9.10. The predicted molar refractivity (Wildman–Crippen MR) is 72.3 cm³/mol. The number of anilines is 1. The second-order valence-electron chi connectivity index (χ2n) is 4.40. The summed E-state index contributed by atoms with van der Waals surface area (Å²) in [6.07, 6.45) is 3.68. The summed E-state index contributed by atoms with van der Waals surface area (Å²) in [5, 5.41) is 2.90. The van der Waals surface area contributed by atoms with E-state index >= 15 is 0 Å². The molecule has 3 N–H and O–H groups in total. The molecule has 0 bridgehead atoms. The first-order valence-corrected chi connectivity index (χ1v) is 6.70. The Bertz CT molecular complexity index is 447. The van der Waals surface area contributed by atoms with Crippen molar-refractivity contribution in [3.05, 3.63) is 22.3 Å². The van der Waals surface area contributed by atoms with Gasteiger partial charge in [-0.1, -0.05) is 0 Å². The molecule has 2 unspecified atom stereocenters. The Kier molecular flexibility index (Phi) is 4.19. The summed E-state index contributed by atoms with van der Waals surface area (Å²) < 4.78 is 6.26. The highest BCUT2D eigenvalue weighted by Gasteiger charge is 2.24. The third kappa shape index (κ3) is 3.00. The van der Waals surface area contributed by atoms with E-state index in [4.69, 9.17) is 10.5 Å². The monoisotopic (exact) mass is 313 g/mol. The van der Waals surface area contributed by atoms with Gasteiger partial charge in [0.15, 0.2) is 0 Å². The summed E-state index contributed by atoms with van der Waals surface area (Å²) in [4.78, 5) is 16.0. The van der Waals surface area contributed by atoms with Crippen LogP contribution in [0.25, 0.3) is 0 Å². The molecule has 1 fully saturated rings. The second kappa shape index (κ2) is 5.67. The summed E-state index contributed by atoms with van der Waals surface area (Å²) in [6, 6.07) is 1.64. The Balaban J connectivity index is 2.04. The zero-order chi connectivity index (χ0) is 13.1. The number of pyridine rings is 1. The molecule has 1 amide bonds. The van der Waals surface area contributed by atoms with Crippen molar-refractivity contribution < 1.29 is 9.53 Å². The average molecular weight is 314 g/mol. The fourth-order valence-electron chi connectivity index (χ4n) is 2.01. The molecule has 0 aliphatic carbocycles. The van der Waals surface area contributed by atoms with Gasteiger partial charge in [0.05, 0.1) is 17.7 Å². The third-order valence-corrected chi connectivity index (χ3v) is 3.44. The van der Waals surface area contributed by atoms with E-state index < -0.39 is 0 Å². The van der Waals surface area contributed by atoms with Crippen molar-refractivity contribution in [3.63, 3.8) is 0 Å². The van der Waals surface area contributed by atoms with Crippen LogP contribution in [-0.2, 0) is 4.74 Å². The number of hydrogen-bond donors (Lipinski definition) is 2. The number of rotatable bonds is 3. The summed E-state index contributed by atoms with van der Waals surface area (Å²) >= 11 is 3.27. The topological polar surface area (TPSA) is 77.2 Å². The van der Waals surface area contributed by atoms with Crippen molar-refractivity contribution in [2.24, 2.45) is 0 Å². The van der Waals surface area contributed by atoms with Crippen LogP contribution in [0.2, 0.25) is 0 Å². The van der Waals surface area contributed by atoms with E-state index in [9.17, 15) is 4.79 Å². The Morgan fingerprint density at radius 2 is 2.50 bits per heavy atom. The van der Waals surface area contributed by atoms with Gasteiger partial charge in [-0.15, -0.1) is 0 Å². The van der Waals surface area contributed by atoms with Gasteiger partial charge in [-0.2, -0.15) is 0 Å². The number of carbonyl (C=O) groups is 1. The number of amides is 1. The minimum atomic E-state index is -0.218. The zero-order valence-electron chi connectivity index (χ0n) is 10.1. The number of halogens is 1. The van der Waals surface area contributed by atoms with E-state index in [2.05, 4.69) is 26.2 Å². The lowest BCUT2D eigenvalue weighted by Gasteiger charge is -2.20. The van der Waals surface area contributed by atoms with Crippen LogP contribution in [-0.4, -0.2) is 29.6 Å². The van der Waals surface area contributed by atoms with Crippen LogP contribution >= 0.6 is 15.9 Å². The molecule has 1 aromatic rings. The largest absolute Gasteiger partial charge is 0.383 e. The summed E-state index contributed by atoms with van der Waals surface area (Å²) in [6.45, 7) is 2.71. The molecule has 6 heteroatoms. The van der Waals surface area contributed by atoms with Gasteiger partial charge in [0.2, 0.25) is 0 Å². The molecule has 0 radical (unpaired) electrons.